The van der Waals surface area contributed by atoms with Gasteiger partial charge in [-0.3, -0.25) is 14.5 Å². The van der Waals surface area contributed by atoms with Crippen molar-refractivity contribution in [1.29, 1.82) is 0 Å². The highest BCUT2D eigenvalue weighted by Gasteiger charge is 2.25. The third-order valence-corrected chi connectivity index (χ3v) is 4.17. The van der Waals surface area contributed by atoms with Crippen LogP contribution in [0.25, 0.3) is 0 Å². The first-order valence-corrected chi connectivity index (χ1v) is 7.46. The van der Waals surface area contributed by atoms with E-state index in [1.807, 2.05) is 0 Å². The van der Waals surface area contributed by atoms with Gasteiger partial charge in [-0.05, 0) is 44.3 Å². The molecule has 1 aliphatic rings. The predicted molar refractivity (Wildman–Crippen MR) is 76.4 cm³/mol. The van der Waals surface area contributed by atoms with Crippen LogP contribution in [0.2, 0.25) is 0 Å². The average Bonchev–Trinajstić information content (AvgIpc) is 2.59. The number of aromatic nitrogens is 3. The minimum Gasteiger partial charge on any atom is -0.352 e. The van der Waals surface area contributed by atoms with Crippen LogP contribution in [-0.4, -0.2) is 26.7 Å². The summed E-state index contributed by atoms with van der Waals surface area (Å²) in [4.78, 5) is 12.1. The zero-order valence-corrected chi connectivity index (χ0v) is 12.4. The Morgan fingerprint density at radius 3 is 2.95 bits per heavy atom. The third kappa shape index (κ3) is 3.43. The van der Waals surface area contributed by atoms with Gasteiger partial charge in [-0.15, -0.1) is 0 Å². The third-order valence-electron chi connectivity index (χ3n) is 3.86. The van der Waals surface area contributed by atoms with Crippen LogP contribution in [0.3, 0.4) is 0 Å². The van der Waals surface area contributed by atoms with E-state index in [0.29, 0.717) is 10.7 Å². The van der Waals surface area contributed by atoms with Crippen LogP contribution in [0.1, 0.15) is 45.4 Å². The maximum absolute atomic E-state index is 12.1. The van der Waals surface area contributed by atoms with Gasteiger partial charge in [-0.2, -0.15) is 5.10 Å². The van der Waals surface area contributed by atoms with Crippen LogP contribution >= 0.6 is 12.2 Å². The molecule has 0 saturated heterocycles. The molecule has 0 unspecified atom stereocenters. The topological polar surface area (TPSA) is 62.7 Å². The zero-order valence-electron chi connectivity index (χ0n) is 11.6. The van der Waals surface area contributed by atoms with Gasteiger partial charge in [0.2, 0.25) is 5.91 Å². The number of carbonyl (C=O) groups is 1. The molecule has 1 aromatic rings. The van der Waals surface area contributed by atoms with Gasteiger partial charge in [-0.1, -0.05) is 13.3 Å². The van der Waals surface area contributed by atoms with Crippen LogP contribution in [0.15, 0.2) is 0 Å². The number of carbonyl (C=O) groups excluding carboxylic acids is 1. The Kier molecular flexibility index (Phi) is 4.74. The molecule has 1 heterocycles. The van der Waals surface area contributed by atoms with E-state index in [9.17, 15) is 4.79 Å². The molecule has 1 saturated carbocycles. The standard InChI is InChI=1S/C13H22N4OS/c1-3-5-11-15-16-13(19)17(11)8-12(18)14-9(2)10-6-4-7-10/h9-10H,3-8H2,1-2H3,(H,14,18)(H,16,19)/t9-/m1/s1. The lowest BCUT2D eigenvalue weighted by atomic mass is 9.80. The van der Waals surface area contributed by atoms with Crippen LogP contribution in [0.5, 0.6) is 0 Å². The molecule has 5 nitrogen and oxygen atoms in total. The maximum atomic E-state index is 12.1. The number of aryl methyl sites for hydroxylation is 1. The van der Waals surface area contributed by atoms with Gasteiger partial charge in [0.15, 0.2) is 4.77 Å². The Morgan fingerprint density at radius 1 is 1.63 bits per heavy atom. The lowest BCUT2D eigenvalue weighted by Gasteiger charge is -2.31. The Labute approximate surface area is 118 Å². The molecule has 106 valence electrons. The minimum absolute atomic E-state index is 0.0225. The Balaban J connectivity index is 1.94. The van der Waals surface area contributed by atoms with Crippen molar-refractivity contribution in [1.82, 2.24) is 20.1 Å². The second kappa shape index (κ2) is 6.32. The lowest BCUT2D eigenvalue weighted by Crippen LogP contribution is -2.42. The number of H-pyrrole nitrogens is 1. The summed E-state index contributed by atoms with van der Waals surface area (Å²) in [6.45, 7) is 4.44. The Hall–Kier alpha value is -1.17. The zero-order chi connectivity index (χ0) is 13.8. The SMILES string of the molecule is CCCc1n[nH]c(=S)n1CC(=O)N[C@H](C)C1CCC1. The molecular weight excluding hydrogens is 260 g/mol. The summed E-state index contributed by atoms with van der Waals surface area (Å²) < 4.78 is 2.32. The smallest absolute Gasteiger partial charge is 0.240 e. The summed E-state index contributed by atoms with van der Waals surface area (Å²) in [5, 5.41) is 10.00. The number of amides is 1. The van der Waals surface area contributed by atoms with E-state index >= 15 is 0 Å². The molecule has 0 aliphatic heterocycles. The molecular formula is C13H22N4OS. The summed E-state index contributed by atoms with van der Waals surface area (Å²) >= 11 is 5.17. The quantitative estimate of drug-likeness (QED) is 0.786. The van der Waals surface area contributed by atoms with Crippen molar-refractivity contribution >= 4 is 18.1 Å². The molecule has 1 fully saturated rings. The monoisotopic (exact) mass is 282 g/mol. The highest BCUT2D eigenvalue weighted by atomic mass is 32.1. The molecule has 0 spiro atoms. The number of hydrogen-bond donors (Lipinski definition) is 2. The lowest BCUT2D eigenvalue weighted by molar-refractivity contribution is -0.122. The van der Waals surface area contributed by atoms with E-state index in [4.69, 9.17) is 12.2 Å². The second-order valence-corrected chi connectivity index (χ2v) is 5.72. The van der Waals surface area contributed by atoms with Crippen LogP contribution in [0, 0.1) is 10.7 Å². The molecule has 1 aromatic heterocycles. The van der Waals surface area contributed by atoms with Crippen LogP contribution in [-0.2, 0) is 17.8 Å². The number of nitrogens with one attached hydrogen (secondary N) is 2. The molecule has 0 bridgehead atoms. The highest BCUT2D eigenvalue weighted by molar-refractivity contribution is 7.71. The van der Waals surface area contributed by atoms with E-state index in [0.717, 1.165) is 18.7 Å². The fourth-order valence-corrected chi connectivity index (χ4v) is 2.64. The molecule has 0 radical (unpaired) electrons. The molecule has 19 heavy (non-hydrogen) atoms. The highest BCUT2D eigenvalue weighted by Crippen LogP contribution is 2.29. The molecule has 2 rings (SSSR count). The van der Waals surface area contributed by atoms with Gasteiger partial charge >= 0.3 is 0 Å². The second-order valence-electron chi connectivity index (χ2n) is 5.33. The largest absolute Gasteiger partial charge is 0.352 e. The van der Waals surface area contributed by atoms with Crippen LogP contribution in [0.4, 0.5) is 0 Å². The normalized spacial score (nSPS) is 16.9. The first kappa shape index (κ1) is 14.2. The first-order valence-electron chi connectivity index (χ1n) is 7.05. The van der Waals surface area contributed by atoms with Crippen molar-refractivity contribution in [2.45, 2.75) is 58.5 Å². The predicted octanol–water partition coefficient (Wildman–Crippen LogP) is 2.20. The van der Waals surface area contributed by atoms with E-state index in [1.165, 1.54) is 19.3 Å². The van der Waals surface area contributed by atoms with Crippen molar-refractivity contribution in [3.63, 3.8) is 0 Å². The van der Waals surface area contributed by atoms with Crippen molar-refractivity contribution in [2.75, 3.05) is 0 Å². The molecule has 1 atom stereocenters. The Morgan fingerprint density at radius 2 is 2.37 bits per heavy atom. The van der Waals surface area contributed by atoms with Gasteiger partial charge in [0.1, 0.15) is 12.4 Å². The minimum atomic E-state index is 0.0225. The molecule has 1 aliphatic carbocycles. The summed E-state index contributed by atoms with van der Waals surface area (Å²) in [5.41, 5.74) is 0. The van der Waals surface area contributed by atoms with Crippen molar-refractivity contribution < 1.29 is 4.79 Å². The van der Waals surface area contributed by atoms with Gasteiger partial charge in [-0.25, -0.2) is 0 Å². The van der Waals surface area contributed by atoms with Crippen molar-refractivity contribution in [3.05, 3.63) is 10.6 Å². The molecule has 6 heteroatoms. The summed E-state index contributed by atoms with van der Waals surface area (Å²) in [6, 6.07) is 0.261. The first-order chi connectivity index (χ1) is 9.11. The van der Waals surface area contributed by atoms with Gasteiger partial charge in [0.05, 0.1) is 0 Å². The summed E-state index contributed by atoms with van der Waals surface area (Å²) in [5.74, 6) is 1.53. The Bertz CT molecular complexity index is 489. The molecule has 1 amide bonds. The summed E-state index contributed by atoms with van der Waals surface area (Å²) in [6.07, 6.45) is 5.57. The molecule has 0 aromatic carbocycles. The number of hydrogen-bond acceptors (Lipinski definition) is 3. The fourth-order valence-electron chi connectivity index (χ4n) is 2.43. The van der Waals surface area contributed by atoms with Gasteiger partial charge in [0, 0.05) is 12.5 Å². The van der Waals surface area contributed by atoms with Crippen molar-refractivity contribution in [3.8, 4) is 0 Å². The van der Waals surface area contributed by atoms with Crippen LogP contribution < -0.4 is 5.32 Å². The van der Waals surface area contributed by atoms with E-state index in [1.54, 1.807) is 4.57 Å². The van der Waals surface area contributed by atoms with E-state index in [-0.39, 0.29) is 18.5 Å². The fraction of sp³-hybridized carbons (Fsp3) is 0.769. The summed E-state index contributed by atoms with van der Waals surface area (Å²) in [7, 11) is 0. The van der Waals surface area contributed by atoms with E-state index in [2.05, 4.69) is 29.4 Å². The maximum Gasteiger partial charge on any atom is 0.240 e. The number of nitrogens with zero attached hydrogens (tertiary/aromatic N) is 2. The molecule has 2 N–H and O–H groups in total. The van der Waals surface area contributed by atoms with Gasteiger partial charge < -0.3 is 5.32 Å². The van der Waals surface area contributed by atoms with Crippen molar-refractivity contribution in [2.24, 2.45) is 5.92 Å². The number of rotatable bonds is 6. The van der Waals surface area contributed by atoms with E-state index < -0.39 is 0 Å². The average molecular weight is 282 g/mol. The number of aromatic amines is 1. The van der Waals surface area contributed by atoms with Gasteiger partial charge in [0.25, 0.3) is 0 Å².